The van der Waals surface area contributed by atoms with Crippen molar-refractivity contribution in [2.45, 2.75) is 31.2 Å². The van der Waals surface area contributed by atoms with Crippen LogP contribution in [-0.2, 0) is 6.54 Å². The van der Waals surface area contributed by atoms with Crippen LogP contribution in [0.3, 0.4) is 0 Å². The third-order valence-corrected chi connectivity index (χ3v) is 5.00. The Hall–Kier alpha value is -2.26. The lowest BCUT2D eigenvalue weighted by Crippen LogP contribution is -2.24. The highest BCUT2D eigenvalue weighted by Gasteiger charge is 2.22. The molecular formula is C19H22N4OS. The second-order valence-corrected chi connectivity index (χ2v) is 7.01. The van der Waals surface area contributed by atoms with E-state index in [-0.39, 0.29) is 0 Å². The second kappa shape index (κ2) is 8.21. The minimum atomic E-state index is 0.331. The topological polar surface area (TPSA) is 62.0 Å². The van der Waals surface area contributed by atoms with Gasteiger partial charge >= 0.3 is 0 Å². The Balaban J connectivity index is 1.80. The van der Waals surface area contributed by atoms with Gasteiger partial charge in [-0.05, 0) is 62.3 Å². The predicted octanol–water partition coefficient (Wildman–Crippen LogP) is 3.89. The number of nitriles is 1. The fourth-order valence-electron chi connectivity index (χ4n) is 2.55. The molecule has 0 spiro atoms. The SMILES string of the molecule is CCN(Cc1cc(SC)ccc1OCC1CC1)c1ccc(C#N)nn1. The summed E-state index contributed by atoms with van der Waals surface area (Å²) in [4.78, 5) is 3.35. The van der Waals surface area contributed by atoms with Gasteiger partial charge in [-0.25, -0.2) is 0 Å². The first-order valence-corrected chi connectivity index (χ1v) is 9.74. The molecule has 130 valence electrons. The molecule has 0 bridgehead atoms. The third-order valence-electron chi connectivity index (χ3n) is 4.27. The summed E-state index contributed by atoms with van der Waals surface area (Å²) in [5.74, 6) is 2.44. The average Bonchev–Trinajstić information content (AvgIpc) is 3.49. The van der Waals surface area contributed by atoms with Gasteiger partial charge in [-0.1, -0.05) is 0 Å². The van der Waals surface area contributed by atoms with E-state index in [0.29, 0.717) is 12.2 Å². The van der Waals surface area contributed by atoms with E-state index in [9.17, 15) is 0 Å². The molecule has 1 aromatic heterocycles. The van der Waals surface area contributed by atoms with Gasteiger partial charge in [-0.3, -0.25) is 0 Å². The van der Waals surface area contributed by atoms with Crippen LogP contribution in [0.5, 0.6) is 5.75 Å². The van der Waals surface area contributed by atoms with Crippen molar-refractivity contribution in [1.82, 2.24) is 10.2 Å². The van der Waals surface area contributed by atoms with E-state index in [1.807, 2.05) is 12.1 Å². The number of aromatic nitrogens is 2. The molecule has 2 aromatic rings. The fraction of sp³-hybridized carbons (Fsp3) is 0.421. The maximum Gasteiger partial charge on any atom is 0.163 e. The summed E-state index contributed by atoms with van der Waals surface area (Å²) in [5.41, 5.74) is 1.48. The number of thioether (sulfide) groups is 1. The van der Waals surface area contributed by atoms with Crippen molar-refractivity contribution in [2.75, 3.05) is 24.3 Å². The number of ether oxygens (including phenoxy) is 1. The zero-order valence-corrected chi connectivity index (χ0v) is 15.4. The van der Waals surface area contributed by atoms with Crippen LogP contribution in [-0.4, -0.2) is 29.6 Å². The molecule has 0 N–H and O–H groups in total. The zero-order valence-electron chi connectivity index (χ0n) is 14.6. The van der Waals surface area contributed by atoms with Crippen LogP contribution in [0.2, 0.25) is 0 Å². The number of benzene rings is 1. The smallest absolute Gasteiger partial charge is 0.163 e. The van der Waals surface area contributed by atoms with Crippen molar-refractivity contribution < 1.29 is 4.74 Å². The Bertz CT molecular complexity index is 753. The second-order valence-electron chi connectivity index (χ2n) is 6.13. The molecule has 5 nitrogen and oxygen atoms in total. The molecule has 1 fully saturated rings. The molecule has 0 aliphatic heterocycles. The number of rotatable bonds is 8. The van der Waals surface area contributed by atoms with E-state index in [4.69, 9.17) is 10.00 Å². The van der Waals surface area contributed by atoms with Crippen LogP contribution in [0.15, 0.2) is 35.2 Å². The van der Waals surface area contributed by atoms with Crippen molar-refractivity contribution in [3.8, 4) is 11.8 Å². The Morgan fingerprint density at radius 1 is 1.28 bits per heavy atom. The molecule has 1 aromatic carbocycles. The molecule has 0 atom stereocenters. The van der Waals surface area contributed by atoms with Gasteiger partial charge in [0.1, 0.15) is 11.8 Å². The molecule has 1 aliphatic carbocycles. The van der Waals surface area contributed by atoms with Crippen molar-refractivity contribution in [3.63, 3.8) is 0 Å². The molecule has 0 amide bonds. The standard InChI is InChI=1S/C19H22N4OS/c1-3-23(19-9-6-16(11-20)21-22-19)12-15-10-17(25-2)7-8-18(15)24-13-14-4-5-14/h6-10,14H,3-5,12-13H2,1-2H3. The van der Waals surface area contributed by atoms with Crippen LogP contribution in [0.4, 0.5) is 5.82 Å². The Labute approximate surface area is 153 Å². The highest BCUT2D eigenvalue weighted by atomic mass is 32.2. The van der Waals surface area contributed by atoms with Gasteiger partial charge in [0.2, 0.25) is 0 Å². The Kier molecular flexibility index (Phi) is 5.77. The first kappa shape index (κ1) is 17.6. The van der Waals surface area contributed by atoms with Crippen molar-refractivity contribution in [2.24, 2.45) is 5.92 Å². The summed E-state index contributed by atoms with van der Waals surface area (Å²) in [6.07, 6.45) is 4.63. The van der Waals surface area contributed by atoms with Crippen LogP contribution in [0.1, 0.15) is 31.0 Å². The number of anilines is 1. The maximum absolute atomic E-state index is 8.88. The highest BCUT2D eigenvalue weighted by molar-refractivity contribution is 7.98. The number of hydrogen-bond acceptors (Lipinski definition) is 6. The minimum Gasteiger partial charge on any atom is -0.493 e. The monoisotopic (exact) mass is 354 g/mol. The number of hydrogen-bond donors (Lipinski definition) is 0. The summed E-state index contributed by atoms with van der Waals surface area (Å²) >= 11 is 1.73. The van der Waals surface area contributed by atoms with E-state index in [1.54, 1.807) is 17.8 Å². The highest BCUT2D eigenvalue weighted by Crippen LogP contribution is 2.32. The molecule has 3 rings (SSSR count). The van der Waals surface area contributed by atoms with E-state index >= 15 is 0 Å². The predicted molar refractivity (Wildman–Crippen MR) is 99.9 cm³/mol. The van der Waals surface area contributed by atoms with Crippen LogP contribution >= 0.6 is 11.8 Å². The zero-order chi connectivity index (χ0) is 17.6. The molecule has 25 heavy (non-hydrogen) atoms. The van der Waals surface area contributed by atoms with Gasteiger partial charge in [0, 0.05) is 23.5 Å². The van der Waals surface area contributed by atoms with E-state index in [2.05, 4.69) is 46.5 Å². The molecular weight excluding hydrogens is 332 g/mol. The summed E-state index contributed by atoms with van der Waals surface area (Å²) < 4.78 is 6.06. The third kappa shape index (κ3) is 4.64. The molecule has 0 unspecified atom stereocenters. The van der Waals surface area contributed by atoms with Crippen LogP contribution in [0.25, 0.3) is 0 Å². The van der Waals surface area contributed by atoms with Gasteiger partial charge in [-0.15, -0.1) is 22.0 Å². The van der Waals surface area contributed by atoms with E-state index in [0.717, 1.165) is 36.2 Å². The molecule has 1 aliphatic rings. The van der Waals surface area contributed by atoms with E-state index in [1.165, 1.54) is 17.7 Å². The average molecular weight is 354 g/mol. The lowest BCUT2D eigenvalue weighted by Gasteiger charge is -2.23. The Morgan fingerprint density at radius 3 is 2.72 bits per heavy atom. The van der Waals surface area contributed by atoms with Gasteiger partial charge in [0.25, 0.3) is 0 Å². The van der Waals surface area contributed by atoms with Gasteiger partial charge in [-0.2, -0.15) is 5.26 Å². The first-order chi connectivity index (χ1) is 12.2. The van der Waals surface area contributed by atoms with Gasteiger partial charge in [0.15, 0.2) is 11.5 Å². The number of nitrogens with zero attached hydrogens (tertiary/aromatic N) is 4. The lowest BCUT2D eigenvalue weighted by atomic mass is 10.2. The molecule has 1 heterocycles. The van der Waals surface area contributed by atoms with Crippen LogP contribution < -0.4 is 9.64 Å². The summed E-state index contributed by atoms with van der Waals surface area (Å²) in [7, 11) is 0. The molecule has 0 saturated heterocycles. The summed E-state index contributed by atoms with van der Waals surface area (Å²) in [5, 5.41) is 17.0. The fourth-order valence-corrected chi connectivity index (χ4v) is 3.02. The van der Waals surface area contributed by atoms with E-state index < -0.39 is 0 Å². The maximum atomic E-state index is 8.88. The van der Waals surface area contributed by atoms with Crippen molar-refractivity contribution >= 4 is 17.6 Å². The molecule has 6 heteroatoms. The molecule has 0 radical (unpaired) electrons. The summed E-state index contributed by atoms with van der Waals surface area (Å²) in [6, 6.07) is 11.9. The quantitative estimate of drug-likeness (QED) is 0.670. The largest absolute Gasteiger partial charge is 0.493 e. The van der Waals surface area contributed by atoms with Crippen LogP contribution in [0, 0.1) is 17.2 Å². The lowest BCUT2D eigenvalue weighted by molar-refractivity contribution is 0.296. The van der Waals surface area contributed by atoms with Crippen molar-refractivity contribution in [1.29, 1.82) is 5.26 Å². The molecule has 1 saturated carbocycles. The van der Waals surface area contributed by atoms with Gasteiger partial charge in [0.05, 0.1) is 6.61 Å². The minimum absolute atomic E-state index is 0.331. The normalized spacial score (nSPS) is 13.3. The van der Waals surface area contributed by atoms with Crippen molar-refractivity contribution in [3.05, 3.63) is 41.6 Å². The summed E-state index contributed by atoms with van der Waals surface area (Å²) in [6.45, 7) is 4.38. The van der Waals surface area contributed by atoms with Gasteiger partial charge < -0.3 is 9.64 Å². The first-order valence-electron chi connectivity index (χ1n) is 8.52. The Morgan fingerprint density at radius 2 is 2.12 bits per heavy atom.